The number of aromatic carboxylic acids is 1. The van der Waals surface area contributed by atoms with E-state index in [0.29, 0.717) is 27.4 Å². The van der Waals surface area contributed by atoms with Gasteiger partial charge >= 0.3 is 5.97 Å². The van der Waals surface area contributed by atoms with E-state index < -0.39 is 5.97 Å². The third kappa shape index (κ3) is 2.39. The highest BCUT2D eigenvalue weighted by Gasteiger charge is 2.15. The molecule has 0 fully saturated rings. The lowest BCUT2D eigenvalue weighted by atomic mass is 10.1. The Bertz CT molecular complexity index is 999. The van der Waals surface area contributed by atoms with E-state index in [2.05, 4.69) is 6.07 Å². The van der Waals surface area contributed by atoms with Gasteiger partial charge in [-0.15, -0.1) is 0 Å². The zero-order valence-electron chi connectivity index (χ0n) is 12.0. The van der Waals surface area contributed by atoms with Gasteiger partial charge in [-0.25, -0.2) is 4.79 Å². The highest BCUT2D eigenvalue weighted by molar-refractivity contribution is 6.31. The second kappa shape index (κ2) is 5.34. The van der Waals surface area contributed by atoms with Crippen LogP contribution in [0.5, 0.6) is 5.75 Å². The Hall–Kier alpha value is -2.97. The monoisotopic (exact) mass is 326 g/mol. The topological polar surface area (TPSA) is 85.7 Å². The molecule has 0 amide bonds. The van der Waals surface area contributed by atoms with Gasteiger partial charge in [-0.3, -0.25) is 0 Å². The zero-order chi connectivity index (χ0) is 16.7. The number of hydrogen-bond acceptors (Lipinski definition) is 3. The lowest BCUT2D eigenvalue weighted by Gasteiger charge is -2.07. The van der Waals surface area contributed by atoms with Crippen molar-refractivity contribution in [2.24, 2.45) is 0 Å². The molecule has 2 aromatic heterocycles. The average Bonchev–Trinajstić information content (AvgIpc) is 2.85. The lowest BCUT2D eigenvalue weighted by Crippen LogP contribution is -1.97. The van der Waals surface area contributed by atoms with E-state index in [1.54, 1.807) is 22.7 Å². The van der Waals surface area contributed by atoms with Crippen molar-refractivity contribution in [1.29, 1.82) is 5.26 Å². The number of nitrogens with zero attached hydrogens (tertiary/aromatic N) is 2. The third-order valence-electron chi connectivity index (χ3n) is 3.69. The Morgan fingerprint density at radius 2 is 2.04 bits per heavy atom. The molecule has 6 heteroatoms. The Morgan fingerprint density at radius 1 is 1.30 bits per heavy atom. The van der Waals surface area contributed by atoms with Crippen LogP contribution in [0.1, 0.15) is 21.5 Å². The minimum Gasteiger partial charge on any atom is -0.507 e. The maximum absolute atomic E-state index is 11.0. The Labute approximate surface area is 136 Å². The number of halogens is 1. The van der Waals surface area contributed by atoms with Gasteiger partial charge in [-0.05, 0) is 36.8 Å². The van der Waals surface area contributed by atoms with Gasteiger partial charge in [-0.1, -0.05) is 17.7 Å². The van der Waals surface area contributed by atoms with Crippen molar-refractivity contribution in [3.05, 3.63) is 58.2 Å². The average molecular weight is 327 g/mol. The molecular weight excluding hydrogens is 316 g/mol. The van der Waals surface area contributed by atoms with Crippen LogP contribution < -0.4 is 0 Å². The van der Waals surface area contributed by atoms with Crippen molar-refractivity contribution >= 4 is 23.1 Å². The van der Waals surface area contributed by atoms with Gasteiger partial charge in [0.1, 0.15) is 17.4 Å². The molecule has 2 heterocycles. The Balaban J connectivity index is 2.29. The van der Waals surface area contributed by atoms with E-state index in [1.807, 2.05) is 13.0 Å². The second-order valence-corrected chi connectivity index (χ2v) is 5.56. The molecule has 0 bridgehead atoms. The molecule has 0 atom stereocenters. The molecule has 1 aromatic carbocycles. The second-order valence-electron chi connectivity index (χ2n) is 5.15. The van der Waals surface area contributed by atoms with E-state index in [0.717, 1.165) is 5.56 Å². The Morgan fingerprint density at radius 3 is 2.65 bits per heavy atom. The number of aromatic nitrogens is 1. The number of aromatic hydroxyl groups is 1. The Kier molecular flexibility index (Phi) is 3.47. The van der Waals surface area contributed by atoms with Crippen LogP contribution in [-0.4, -0.2) is 20.6 Å². The predicted octanol–water partition coefficient (Wildman–Crippen LogP) is 3.84. The van der Waals surface area contributed by atoms with Crippen LogP contribution in [0.15, 0.2) is 36.5 Å². The summed E-state index contributed by atoms with van der Waals surface area (Å²) < 4.78 is 1.75. The number of pyridine rings is 1. The highest BCUT2D eigenvalue weighted by Crippen LogP contribution is 2.32. The summed E-state index contributed by atoms with van der Waals surface area (Å²) in [4.78, 5) is 11.0. The number of rotatable bonds is 2. The summed E-state index contributed by atoms with van der Waals surface area (Å²) in [6.45, 7) is 1.85. The fourth-order valence-corrected chi connectivity index (χ4v) is 2.65. The van der Waals surface area contributed by atoms with Crippen molar-refractivity contribution in [3.8, 4) is 23.1 Å². The molecule has 23 heavy (non-hydrogen) atoms. The van der Waals surface area contributed by atoms with Gasteiger partial charge in [0.15, 0.2) is 0 Å². The normalized spacial score (nSPS) is 10.7. The van der Waals surface area contributed by atoms with Crippen LogP contribution in [0.4, 0.5) is 0 Å². The van der Waals surface area contributed by atoms with E-state index in [4.69, 9.17) is 16.7 Å². The van der Waals surface area contributed by atoms with Crippen molar-refractivity contribution in [1.82, 2.24) is 4.40 Å². The van der Waals surface area contributed by atoms with Gasteiger partial charge in [0.25, 0.3) is 0 Å². The number of carbonyl (C=O) groups is 1. The smallest absolute Gasteiger partial charge is 0.339 e. The van der Waals surface area contributed by atoms with Gasteiger partial charge in [0, 0.05) is 11.8 Å². The summed E-state index contributed by atoms with van der Waals surface area (Å²) in [5, 5.41) is 28.7. The number of phenols is 1. The van der Waals surface area contributed by atoms with Crippen LogP contribution in [-0.2, 0) is 0 Å². The van der Waals surface area contributed by atoms with E-state index >= 15 is 0 Å². The summed E-state index contributed by atoms with van der Waals surface area (Å²) in [7, 11) is 0. The lowest BCUT2D eigenvalue weighted by molar-refractivity contribution is 0.0694. The predicted molar refractivity (Wildman–Crippen MR) is 85.9 cm³/mol. The molecule has 2 N–H and O–H groups in total. The number of aryl methyl sites for hydroxylation is 1. The molecule has 0 saturated carbocycles. The standard InChI is InChI=1S/C17H11ClN2O3/c1-9-4-14-11(7-19)5-15(20(14)8-13(9)18)10-2-3-12(17(22)23)16(21)6-10/h2-6,8,21H,1H3,(H,22,23). The number of benzene rings is 1. The number of fused-ring (bicyclic) bond motifs is 1. The minimum absolute atomic E-state index is 0.177. The molecule has 3 aromatic rings. The summed E-state index contributed by atoms with van der Waals surface area (Å²) in [5.74, 6) is -1.54. The number of nitriles is 1. The van der Waals surface area contributed by atoms with Crippen LogP contribution in [0, 0.1) is 18.3 Å². The van der Waals surface area contributed by atoms with E-state index in [1.165, 1.54) is 12.1 Å². The zero-order valence-corrected chi connectivity index (χ0v) is 12.8. The van der Waals surface area contributed by atoms with Crippen LogP contribution in [0.25, 0.3) is 16.8 Å². The van der Waals surface area contributed by atoms with Crippen molar-refractivity contribution < 1.29 is 15.0 Å². The first-order chi connectivity index (χ1) is 10.9. The van der Waals surface area contributed by atoms with E-state index in [9.17, 15) is 15.2 Å². The maximum atomic E-state index is 11.0. The molecular formula is C17H11ClN2O3. The number of carboxylic acids is 1. The first-order valence-electron chi connectivity index (χ1n) is 6.70. The molecule has 0 spiro atoms. The first-order valence-corrected chi connectivity index (χ1v) is 7.08. The minimum atomic E-state index is -1.20. The van der Waals surface area contributed by atoms with Gasteiger partial charge < -0.3 is 14.6 Å². The summed E-state index contributed by atoms with van der Waals surface area (Å²) in [5.41, 5.74) is 3.08. The summed E-state index contributed by atoms with van der Waals surface area (Å²) in [6.07, 6.45) is 1.70. The molecule has 0 aliphatic rings. The number of carboxylic acid groups (broad SMARTS) is 1. The van der Waals surface area contributed by atoms with Crippen LogP contribution in [0.3, 0.4) is 0 Å². The highest BCUT2D eigenvalue weighted by atomic mass is 35.5. The molecule has 5 nitrogen and oxygen atoms in total. The summed E-state index contributed by atoms with van der Waals surface area (Å²) in [6, 6.07) is 9.90. The molecule has 3 rings (SSSR count). The SMILES string of the molecule is Cc1cc2c(C#N)cc(-c3ccc(C(=O)O)c(O)c3)n2cc1Cl. The molecule has 114 valence electrons. The molecule has 0 saturated heterocycles. The first kappa shape index (κ1) is 14.9. The number of hydrogen-bond donors (Lipinski definition) is 2. The fraction of sp³-hybridized carbons (Fsp3) is 0.0588. The molecule has 0 aliphatic heterocycles. The fourth-order valence-electron chi connectivity index (χ4n) is 2.50. The quantitative estimate of drug-likeness (QED) is 0.749. The van der Waals surface area contributed by atoms with Crippen molar-refractivity contribution in [2.75, 3.05) is 0 Å². The third-order valence-corrected chi connectivity index (χ3v) is 4.09. The largest absolute Gasteiger partial charge is 0.507 e. The maximum Gasteiger partial charge on any atom is 0.339 e. The van der Waals surface area contributed by atoms with Gasteiger partial charge in [-0.2, -0.15) is 5.26 Å². The van der Waals surface area contributed by atoms with Crippen molar-refractivity contribution in [2.45, 2.75) is 6.92 Å². The van der Waals surface area contributed by atoms with Crippen LogP contribution >= 0.6 is 11.6 Å². The van der Waals surface area contributed by atoms with Gasteiger partial charge in [0.05, 0.1) is 21.8 Å². The molecule has 0 unspecified atom stereocenters. The molecule has 0 aliphatic carbocycles. The van der Waals surface area contributed by atoms with Gasteiger partial charge in [0.2, 0.25) is 0 Å². The van der Waals surface area contributed by atoms with Crippen LogP contribution in [0.2, 0.25) is 5.02 Å². The van der Waals surface area contributed by atoms with E-state index in [-0.39, 0.29) is 11.3 Å². The van der Waals surface area contributed by atoms with Crippen molar-refractivity contribution in [3.63, 3.8) is 0 Å². The molecule has 0 radical (unpaired) electrons. The summed E-state index contributed by atoms with van der Waals surface area (Å²) >= 11 is 6.17.